The van der Waals surface area contributed by atoms with Crippen LogP contribution in [0.25, 0.3) is 22.4 Å². The summed E-state index contributed by atoms with van der Waals surface area (Å²) < 4.78 is 13.0. The molecule has 212 valence electrons. The topological polar surface area (TPSA) is 118 Å². The largest absolute Gasteiger partial charge is 0.477 e. The van der Waals surface area contributed by atoms with E-state index >= 15 is 0 Å². The standard InChI is InChI=1S/C28H41N7O4/c1-5-8-16-39-28-21(18-20(19-29-28)23(36)9-10-34-13-11-33(7-3)12-14-34)26-30-24-22(6-2)35(15-17-38-4)32-25(24)27(37)31-26/h18-19H,5-17H2,1-4H3,(H,30,31,37). The van der Waals surface area contributed by atoms with Crippen molar-refractivity contribution < 1.29 is 14.3 Å². The number of aromatic nitrogens is 5. The second-order valence-electron chi connectivity index (χ2n) is 9.86. The Labute approximate surface area is 229 Å². The molecule has 0 amide bonds. The fourth-order valence-electron chi connectivity index (χ4n) is 4.84. The molecule has 0 unspecified atom stereocenters. The second kappa shape index (κ2) is 13.8. The summed E-state index contributed by atoms with van der Waals surface area (Å²) in [5, 5.41) is 4.48. The lowest BCUT2D eigenvalue weighted by Crippen LogP contribution is -2.46. The Hall–Kier alpha value is -3.15. The smallest absolute Gasteiger partial charge is 0.279 e. The Balaban J connectivity index is 1.64. The highest BCUT2D eigenvalue weighted by Crippen LogP contribution is 2.28. The first-order chi connectivity index (χ1) is 19.0. The number of carbonyl (C=O) groups is 1. The van der Waals surface area contributed by atoms with Gasteiger partial charge in [0.25, 0.3) is 5.56 Å². The Morgan fingerprint density at radius 3 is 2.51 bits per heavy atom. The number of ketones is 1. The fraction of sp³-hybridized carbons (Fsp3) is 0.607. The number of H-pyrrole nitrogens is 1. The highest BCUT2D eigenvalue weighted by atomic mass is 16.5. The maximum Gasteiger partial charge on any atom is 0.279 e. The summed E-state index contributed by atoms with van der Waals surface area (Å²) in [5.74, 6) is 0.674. The number of aromatic amines is 1. The zero-order valence-electron chi connectivity index (χ0n) is 23.7. The SMILES string of the molecule is CCCCOc1ncc(C(=O)CCN2CCN(CC)CC2)cc1-c1nc2c(CC)n(CCOC)nc2c(=O)[nH]1. The van der Waals surface area contributed by atoms with E-state index in [0.29, 0.717) is 67.5 Å². The number of piperazine rings is 1. The number of likely N-dealkylation sites (N-methyl/N-ethyl adjacent to an activating group) is 1. The monoisotopic (exact) mass is 539 g/mol. The molecule has 0 radical (unpaired) electrons. The number of carbonyl (C=O) groups excluding carboxylic acids is 1. The lowest BCUT2D eigenvalue weighted by atomic mass is 10.1. The zero-order valence-corrected chi connectivity index (χ0v) is 23.7. The van der Waals surface area contributed by atoms with E-state index in [0.717, 1.165) is 51.3 Å². The van der Waals surface area contributed by atoms with E-state index in [1.165, 1.54) is 0 Å². The van der Waals surface area contributed by atoms with Crippen LogP contribution in [0.5, 0.6) is 5.88 Å². The predicted molar refractivity (Wildman–Crippen MR) is 151 cm³/mol. The Morgan fingerprint density at radius 1 is 1.05 bits per heavy atom. The molecular formula is C28H41N7O4. The summed E-state index contributed by atoms with van der Waals surface area (Å²) in [7, 11) is 1.63. The van der Waals surface area contributed by atoms with Gasteiger partial charge in [-0.15, -0.1) is 0 Å². The number of fused-ring (bicyclic) bond motifs is 1. The average Bonchev–Trinajstić information content (AvgIpc) is 3.33. The van der Waals surface area contributed by atoms with Gasteiger partial charge in [0.1, 0.15) is 11.3 Å². The molecule has 39 heavy (non-hydrogen) atoms. The summed E-state index contributed by atoms with van der Waals surface area (Å²) in [4.78, 5) is 43.2. The van der Waals surface area contributed by atoms with Crippen LogP contribution in [0.3, 0.4) is 0 Å². The minimum atomic E-state index is -0.344. The van der Waals surface area contributed by atoms with Gasteiger partial charge in [-0.2, -0.15) is 5.10 Å². The summed E-state index contributed by atoms with van der Waals surface area (Å²) in [6.07, 6.45) is 4.46. The first-order valence-electron chi connectivity index (χ1n) is 14.1. The molecular weight excluding hydrogens is 498 g/mol. The van der Waals surface area contributed by atoms with Crippen molar-refractivity contribution in [1.29, 1.82) is 0 Å². The number of Topliss-reactive ketones (excluding diaryl/α,β-unsaturated/α-hetero) is 1. The molecule has 1 N–H and O–H groups in total. The first-order valence-corrected chi connectivity index (χ1v) is 14.1. The molecule has 0 spiro atoms. The van der Waals surface area contributed by atoms with Crippen LogP contribution in [0.2, 0.25) is 0 Å². The summed E-state index contributed by atoms with van der Waals surface area (Å²) >= 11 is 0. The quantitative estimate of drug-likeness (QED) is 0.244. The molecule has 0 aromatic carbocycles. The highest BCUT2D eigenvalue weighted by Gasteiger charge is 2.21. The van der Waals surface area contributed by atoms with Crippen LogP contribution in [0, 0.1) is 0 Å². The fourth-order valence-corrected chi connectivity index (χ4v) is 4.84. The van der Waals surface area contributed by atoms with Gasteiger partial charge in [0.05, 0.1) is 31.0 Å². The van der Waals surface area contributed by atoms with Crippen molar-refractivity contribution in [1.82, 2.24) is 34.5 Å². The maximum absolute atomic E-state index is 13.2. The molecule has 4 rings (SSSR count). The zero-order chi connectivity index (χ0) is 27.8. The summed E-state index contributed by atoms with van der Waals surface area (Å²) in [6.45, 7) is 13.5. The molecule has 4 heterocycles. The van der Waals surface area contributed by atoms with Crippen LogP contribution in [0.1, 0.15) is 56.1 Å². The molecule has 3 aromatic rings. The van der Waals surface area contributed by atoms with Crippen molar-refractivity contribution in [3.63, 3.8) is 0 Å². The molecule has 1 aliphatic rings. The number of hydrogen-bond donors (Lipinski definition) is 1. The van der Waals surface area contributed by atoms with Crippen molar-refractivity contribution in [3.8, 4) is 17.3 Å². The molecule has 1 aliphatic heterocycles. The number of hydrogen-bond acceptors (Lipinski definition) is 9. The lowest BCUT2D eigenvalue weighted by Gasteiger charge is -2.33. The average molecular weight is 540 g/mol. The lowest BCUT2D eigenvalue weighted by molar-refractivity contribution is 0.0931. The molecule has 3 aromatic heterocycles. The number of pyridine rings is 1. The van der Waals surface area contributed by atoms with E-state index in [1.807, 2.05) is 6.92 Å². The van der Waals surface area contributed by atoms with Gasteiger partial charge in [-0.25, -0.2) is 9.97 Å². The van der Waals surface area contributed by atoms with Crippen molar-refractivity contribution >= 4 is 16.8 Å². The van der Waals surface area contributed by atoms with Gasteiger partial charge in [0.15, 0.2) is 11.3 Å². The van der Waals surface area contributed by atoms with E-state index in [4.69, 9.17) is 14.5 Å². The highest BCUT2D eigenvalue weighted by molar-refractivity contribution is 5.97. The molecule has 0 aliphatic carbocycles. The number of nitrogens with zero attached hydrogens (tertiary/aromatic N) is 6. The maximum atomic E-state index is 13.2. The molecule has 11 nitrogen and oxygen atoms in total. The van der Waals surface area contributed by atoms with Gasteiger partial charge in [0, 0.05) is 58.0 Å². The normalized spacial score (nSPS) is 14.8. The minimum Gasteiger partial charge on any atom is -0.477 e. The molecule has 0 bridgehead atoms. The van der Waals surface area contributed by atoms with Crippen LogP contribution in [-0.4, -0.2) is 99.9 Å². The van der Waals surface area contributed by atoms with Crippen molar-refractivity contribution in [2.75, 3.05) is 59.6 Å². The van der Waals surface area contributed by atoms with Crippen LogP contribution >= 0.6 is 0 Å². The summed E-state index contributed by atoms with van der Waals surface area (Å²) in [5.41, 5.74) is 2.31. The molecule has 11 heteroatoms. The predicted octanol–water partition coefficient (Wildman–Crippen LogP) is 2.78. The third-order valence-corrected chi connectivity index (χ3v) is 7.27. The van der Waals surface area contributed by atoms with Gasteiger partial charge >= 0.3 is 0 Å². The van der Waals surface area contributed by atoms with E-state index in [9.17, 15) is 9.59 Å². The third-order valence-electron chi connectivity index (χ3n) is 7.27. The molecule has 1 fully saturated rings. The Kier molecular flexibility index (Phi) is 10.2. The third kappa shape index (κ3) is 6.90. The van der Waals surface area contributed by atoms with Crippen molar-refractivity contribution in [2.45, 2.75) is 53.0 Å². The molecule has 1 saturated heterocycles. The Morgan fingerprint density at radius 2 is 1.82 bits per heavy atom. The molecule has 0 atom stereocenters. The van der Waals surface area contributed by atoms with Gasteiger partial charge in [-0.3, -0.25) is 14.3 Å². The number of ether oxygens (including phenoxy) is 2. The van der Waals surface area contributed by atoms with Gasteiger partial charge in [-0.05, 0) is 25.5 Å². The van der Waals surface area contributed by atoms with E-state index in [2.05, 4.69) is 38.7 Å². The Bertz CT molecular complexity index is 1310. The van der Waals surface area contributed by atoms with Crippen molar-refractivity contribution in [2.24, 2.45) is 0 Å². The van der Waals surface area contributed by atoms with Crippen molar-refractivity contribution in [3.05, 3.63) is 33.9 Å². The van der Waals surface area contributed by atoms with E-state index < -0.39 is 0 Å². The van der Waals surface area contributed by atoms with Crippen LogP contribution in [-0.2, 0) is 17.7 Å². The summed E-state index contributed by atoms with van der Waals surface area (Å²) in [6, 6.07) is 1.75. The van der Waals surface area contributed by atoms with Gasteiger partial charge in [0.2, 0.25) is 5.88 Å². The van der Waals surface area contributed by atoms with Crippen LogP contribution < -0.4 is 10.3 Å². The van der Waals surface area contributed by atoms with Crippen LogP contribution in [0.15, 0.2) is 17.1 Å². The number of rotatable bonds is 14. The van der Waals surface area contributed by atoms with Crippen LogP contribution in [0.4, 0.5) is 0 Å². The van der Waals surface area contributed by atoms with Gasteiger partial charge < -0.3 is 24.3 Å². The van der Waals surface area contributed by atoms with E-state index in [-0.39, 0.29) is 16.9 Å². The molecule has 0 saturated carbocycles. The van der Waals surface area contributed by atoms with Gasteiger partial charge in [-0.1, -0.05) is 27.2 Å². The minimum absolute atomic E-state index is 0.00633. The number of nitrogens with one attached hydrogen (secondary N) is 1. The first kappa shape index (κ1) is 28.8. The van der Waals surface area contributed by atoms with E-state index in [1.54, 1.807) is 24.1 Å². The number of methoxy groups -OCH3 is 1. The second-order valence-corrected chi connectivity index (χ2v) is 9.86. The number of unbranched alkanes of at least 4 members (excludes halogenated alkanes) is 1. The number of aryl methyl sites for hydroxylation is 1.